The number of amides is 1. The predicted octanol–water partition coefficient (Wildman–Crippen LogP) is 3.49. The van der Waals surface area contributed by atoms with Crippen molar-refractivity contribution >= 4 is 35.0 Å². The maximum absolute atomic E-state index is 11.8. The first kappa shape index (κ1) is 19.5. The van der Waals surface area contributed by atoms with E-state index in [1.54, 1.807) is 6.07 Å². The van der Waals surface area contributed by atoms with Crippen molar-refractivity contribution < 1.29 is 19.2 Å². The molecule has 0 bridgehead atoms. The molecule has 2 rings (SSSR count). The average Bonchev–Trinajstić information content (AvgIpc) is 2.61. The summed E-state index contributed by atoms with van der Waals surface area (Å²) in [6, 6.07) is 11.6. The summed E-state index contributed by atoms with van der Waals surface area (Å²) in [6.45, 7) is 3.50. The molecule has 7 nitrogen and oxygen atoms in total. The predicted molar refractivity (Wildman–Crippen MR) is 99.3 cm³/mol. The quantitative estimate of drug-likeness (QED) is 0.345. The van der Waals surface area contributed by atoms with Gasteiger partial charge < -0.3 is 10.1 Å². The van der Waals surface area contributed by atoms with E-state index >= 15 is 0 Å². The fourth-order valence-corrected chi connectivity index (χ4v) is 2.85. The van der Waals surface area contributed by atoms with Crippen LogP contribution in [0, 0.1) is 24.0 Å². The third-order valence-corrected chi connectivity index (χ3v) is 4.54. The SMILES string of the molecule is Cc1ccc(SCC(=O)OCC(=O)Nc2ccccc2[N+](=O)[O-])cc1C. The Morgan fingerprint density at radius 2 is 1.88 bits per heavy atom. The summed E-state index contributed by atoms with van der Waals surface area (Å²) in [7, 11) is 0. The third kappa shape index (κ3) is 5.59. The van der Waals surface area contributed by atoms with Crippen LogP contribution in [-0.2, 0) is 14.3 Å². The smallest absolute Gasteiger partial charge is 0.316 e. The number of nitro benzene ring substituents is 1. The van der Waals surface area contributed by atoms with Gasteiger partial charge in [-0.15, -0.1) is 11.8 Å². The summed E-state index contributed by atoms with van der Waals surface area (Å²) in [5.74, 6) is -1.10. The maximum Gasteiger partial charge on any atom is 0.316 e. The summed E-state index contributed by atoms with van der Waals surface area (Å²) in [6.07, 6.45) is 0. The largest absolute Gasteiger partial charge is 0.455 e. The lowest BCUT2D eigenvalue weighted by atomic mass is 10.1. The van der Waals surface area contributed by atoms with Gasteiger partial charge in [0.2, 0.25) is 0 Å². The van der Waals surface area contributed by atoms with E-state index in [0.29, 0.717) is 0 Å². The number of hydrogen-bond acceptors (Lipinski definition) is 6. The average molecular weight is 374 g/mol. The second kappa shape index (κ2) is 9.00. The van der Waals surface area contributed by atoms with Crippen molar-refractivity contribution in [1.29, 1.82) is 0 Å². The highest BCUT2D eigenvalue weighted by Crippen LogP contribution is 2.23. The van der Waals surface area contributed by atoms with Crippen LogP contribution in [0.5, 0.6) is 0 Å². The normalized spacial score (nSPS) is 10.2. The van der Waals surface area contributed by atoms with Gasteiger partial charge in [-0.2, -0.15) is 0 Å². The summed E-state index contributed by atoms with van der Waals surface area (Å²) >= 11 is 1.32. The standard InChI is InChI=1S/C18H18N2O5S/c1-12-7-8-14(9-13(12)2)26-11-18(22)25-10-17(21)19-15-5-3-4-6-16(15)20(23)24/h3-9H,10-11H2,1-2H3,(H,19,21). The first-order chi connectivity index (χ1) is 12.4. The molecule has 2 aromatic carbocycles. The van der Waals surface area contributed by atoms with Gasteiger partial charge >= 0.3 is 5.97 Å². The molecule has 0 aromatic heterocycles. The summed E-state index contributed by atoms with van der Waals surface area (Å²) in [5.41, 5.74) is 2.14. The van der Waals surface area contributed by atoms with Gasteiger partial charge in [-0.05, 0) is 43.2 Å². The van der Waals surface area contributed by atoms with E-state index in [1.165, 1.54) is 35.5 Å². The lowest BCUT2D eigenvalue weighted by Gasteiger charge is -2.07. The topological polar surface area (TPSA) is 98.5 Å². The zero-order chi connectivity index (χ0) is 19.1. The molecule has 8 heteroatoms. The third-order valence-electron chi connectivity index (χ3n) is 3.57. The van der Waals surface area contributed by atoms with Crippen LogP contribution in [0.3, 0.4) is 0 Å². The van der Waals surface area contributed by atoms with Crippen LogP contribution in [-0.4, -0.2) is 29.2 Å². The van der Waals surface area contributed by atoms with Crippen LogP contribution in [0.4, 0.5) is 11.4 Å². The minimum atomic E-state index is -0.635. The van der Waals surface area contributed by atoms with Crippen LogP contribution in [0.2, 0.25) is 0 Å². The van der Waals surface area contributed by atoms with E-state index in [2.05, 4.69) is 5.32 Å². The van der Waals surface area contributed by atoms with E-state index in [9.17, 15) is 19.7 Å². The molecule has 0 saturated carbocycles. The number of carbonyl (C=O) groups excluding carboxylic acids is 2. The first-order valence-electron chi connectivity index (χ1n) is 7.76. The van der Waals surface area contributed by atoms with Gasteiger partial charge in [0.05, 0.1) is 10.7 Å². The highest BCUT2D eigenvalue weighted by molar-refractivity contribution is 8.00. The van der Waals surface area contributed by atoms with Crippen LogP contribution in [0.1, 0.15) is 11.1 Å². The van der Waals surface area contributed by atoms with Crippen LogP contribution in [0.15, 0.2) is 47.4 Å². The lowest BCUT2D eigenvalue weighted by Crippen LogP contribution is -2.22. The van der Waals surface area contributed by atoms with Crippen LogP contribution in [0.25, 0.3) is 0 Å². The Bertz CT molecular complexity index is 838. The Labute approximate surface area is 154 Å². The maximum atomic E-state index is 11.8. The molecule has 0 atom stereocenters. The molecule has 0 heterocycles. The number of para-hydroxylation sites is 2. The van der Waals surface area contributed by atoms with Gasteiger partial charge in [-0.3, -0.25) is 19.7 Å². The van der Waals surface area contributed by atoms with E-state index in [1.807, 2.05) is 32.0 Å². The number of nitro groups is 1. The highest BCUT2D eigenvalue weighted by Gasteiger charge is 2.15. The van der Waals surface area contributed by atoms with Crippen molar-refractivity contribution in [1.82, 2.24) is 0 Å². The Hall–Kier alpha value is -2.87. The Kier molecular flexibility index (Phi) is 6.74. The number of ether oxygens (including phenoxy) is 1. The number of esters is 1. The molecule has 26 heavy (non-hydrogen) atoms. The lowest BCUT2D eigenvalue weighted by molar-refractivity contribution is -0.383. The van der Waals surface area contributed by atoms with Crippen molar-refractivity contribution in [3.8, 4) is 0 Å². The number of benzene rings is 2. The Morgan fingerprint density at radius 3 is 2.58 bits per heavy atom. The fraction of sp³-hybridized carbons (Fsp3) is 0.222. The van der Waals surface area contributed by atoms with Gasteiger partial charge in [0, 0.05) is 11.0 Å². The Morgan fingerprint density at radius 1 is 1.15 bits per heavy atom. The first-order valence-corrected chi connectivity index (χ1v) is 8.74. The van der Waals surface area contributed by atoms with Gasteiger partial charge in [0.25, 0.3) is 11.6 Å². The zero-order valence-corrected chi connectivity index (χ0v) is 15.2. The molecule has 0 unspecified atom stereocenters. The van der Waals surface area contributed by atoms with Gasteiger partial charge in [-0.25, -0.2) is 0 Å². The van der Waals surface area contributed by atoms with Gasteiger partial charge in [-0.1, -0.05) is 18.2 Å². The molecule has 0 spiro atoms. The molecule has 136 valence electrons. The molecule has 0 fully saturated rings. The highest BCUT2D eigenvalue weighted by atomic mass is 32.2. The van der Waals surface area contributed by atoms with Crippen molar-refractivity contribution in [3.63, 3.8) is 0 Å². The number of carbonyl (C=O) groups is 2. The van der Waals surface area contributed by atoms with E-state index in [0.717, 1.165) is 10.5 Å². The number of anilines is 1. The molecule has 0 radical (unpaired) electrons. The molecule has 0 aliphatic rings. The van der Waals surface area contributed by atoms with E-state index in [-0.39, 0.29) is 17.1 Å². The monoisotopic (exact) mass is 374 g/mol. The second-order valence-corrected chi connectivity index (χ2v) is 6.57. The minimum Gasteiger partial charge on any atom is -0.455 e. The molecule has 2 aromatic rings. The number of hydrogen-bond donors (Lipinski definition) is 1. The zero-order valence-electron chi connectivity index (χ0n) is 14.4. The fourth-order valence-electron chi connectivity index (χ4n) is 2.06. The summed E-state index contributed by atoms with van der Waals surface area (Å²) in [5, 5.41) is 13.3. The van der Waals surface area contributed by atoms with Gasteiger partial charge in [0.15, 0.2) is 6.61 Å². The van der Waals surface area contributed by atoms with E-state index in [4.69, 9.17) is 4.74 Å². The minimum absolute atomic E-state index is 0.0584. The van der Waals surface area contributed by atoms with Crippen molar-refractivity contribution in [2.24, 2.45) is 0 Å². The molecular weight excluding hydrogens is 356 g/mol. The van der Waals surface area contributed by atoms with Crippen molar-refractivity contribution in [2.75, 3.05) is 17.7 Å². The van der Waals surface area contributed by atoms with Gasteiger partial charge in [0.1, 0.15) is 5.69 Å². The second-order valence-electron chi connectivity index (χ2n) is 5.52. The summed E-state index contributed by atoms with van der Waals surface area (Å²) < 4.78 is 4.91. The number of nitrogens with zero attached hydrogens (tertiary/aromatic N) is 1. The number of thioether (sulfide) groups is 1. The molecule has 1 N–H and O–H groups in total. The molecular formula is C18H18N2O5S. The van der Waals surface area contributed by atoms with Crippen molar-refractivity contribution in [2.45, 2.75) is 18.7 Å². The van der Waals surface area contributed by atoms with Crippen LogP contribution < -0.4 is 5.32 Å². The number of aryl methyl sites for hydroxylation is 2. The van der Waals surface area contributed by atoms with Crippen LogP contribution >= 0.6 is 11.8 Å². The molecule has 1 amide bonds. The number of nitrogens with one attached hydrogen (secondary N) is 1. The Balaban J connectivity index is 1.81. The van der Waals surface area contributed by atoms with E-state index < -0.39 is 23.4 Å². The molecule has 0 aliphatic heterocycles. The van der Waals surface area contributed by atoms with Crippen molar-refractivity contribution in [3.05, 3.63) is 63.7 Å². The number of rotatable bonds is 7. The molecule has 0 aliphatic carbocycles. The molecule has 0 saturated heterocycles. The summed E-state index contributed by atoms with van der Waals surface area (Å²) in [4.78, 5) is 34.8.